The molecule has 2 heterocycles. The highest BCUT2D eigenvalue weighted by Gasteiger charge is 2.29. The molecular formula is C25H29N5O2. The number of hydrogen-bond donors (Lipinski definition) is 1. The molecule has 0 radical (unpaired) electrons. The molecular weight excluding hydrogens is 402 g/mol. The molecule has 32 heavy (non-hydrogen) atoms. The number of nitrogens with one attached hydrogen (secondary N) is 1. The molecule has 1 aromatic heterocycles. The second kappa shape index (κ2) is 9.34. The average Bonchev–Trinajstić information content (AvgIpc) is 2.97. The molecule has 0 saturated carbocycles. The van der Waals surface area contributed by atoms with Gasteiger partial charge < -0.3 is 10.2 Å². The van der Waals surface area contributed by atoms with Crippen molar-refractivity contribution in [3.63, 3.8) is 0 Å². The summed E-state index contributed by atoms with van der Waals surface area (Å²) in [5.74, 6) is 0.988. The van der Waals surface area contributed by atoms with Gasteiger partial charge in [0.05, 0.1) is 5.92 Å². The standard InChI is InChI=1S/C25H29N5O2/c1-17-8-10-20(11-9-17)23-7-5-4-6-21(23)14-22-15-29(13-12-26-25(22)32)24(31)16-30-19(3)27-18(2)28-30/h4-11,22H,12-16H2,1-3H3,(H,26,32)/t22-/m1/s1. The van der Waals surface area contributed by atoms with Crippen LogP contribution < -0.4 is 5.32 Å². The third-order valence-electron chi connectivity index (χ3n) is 5.94. The van der Waals surface area contributed by atoms with Crippen molar-refractivity contribution in [3.8, 4) is 11.1 Å². The molecule has 0 aliphatic carbocycles. The van der Waals surface area contributed by atoms with Crippen LogP contribution in [0.3, 0.4) is 0 Å². The monoisotopic (exact) mass is 431 g/mol. The van der Waals surface area contributed by atoms with E-state index in [1.165, 1.54) is 5.56 Å². The second-order valence-corrected chi connectivity index (χ2v) is 8.42. The summed E-state index contributed by atoms with van der Waals surface area (Å²) in [5.41, 5.74) is 4.57. The predicted octanol–water partition coefficient (Wildman–Crippen LogP) is 2.69. The second-order valence-electron chi connectivity index (χ2n) is 8.42. The maximum absolute atomic E-state index is 13.0. The Balaban J connectivity index is 1.53. The van der Waals surface area contributed by atoms with Crippen LogP contribution in [0.4, 0.5) is 0 Å². The molecule has 166 valence electrons. The third-order valence-corrected chi connectivity index (χ3v) is 5.94. The van der Waals surface area contributed by atoms with Crippen molar-refractivity contribution < 1.29 is 9.59 Å². The van der Waals surface area contributed by atoms with Crippen molar-refractivity contribution in [1.82, 2.24) is 25.0 Å². The van der Waals surface area contributed by atoms with Gasteiger partial charge in [0.25, 0.3) is 0 Å². The highest BCUT2D eigenvalue weighted by molar-refractivity contribution is 5.82. The Morgan fingerprint density at radius 1 is 1.09 bits per heavy atom. The van der Waals surface area contributed by atoms with E-state index in [2.05, 4.69) is 58.7 Å². The summed E-state index contributed by atoms with van der Waals surface area (Å²) in [5, 5.41) is 7.28. The summed E-state index contributed by atoms with van der Waals surface area (Å²) in [6, 6.07) is 16.6. The number of carbonyl (C=O) groups excluding carboxylic acids is 2. The molecule has 1 aliphatic heterocycles. The number of carbonyl (C=O) groups is 2. The number of rotatable bonds is 5. The minimum atomic E-state index is -0.313. The predicted molar refractivity (Wildman–Crippen MR) is 123 cm³/mol. The van der Waals surface area contributed by atoms with Crippen LogP contribution in [0.1, 0.15) is 22.8 Å². The maximum atomic E-state index is 13.0. The van der Waals surface area contributed by atoms with Gasteiger partial charge in [-0.2, -0.15) is 5.10 Å². The van der Waals surface area contributed by atoms with Crippen LogP contribution in [0.5, 0.6) is 0 Å². The van der Waals surface area contributed by atoms with Gasteiger partial charge in [-0.25, -0.2) is 9.67 Å². The topological polar surface area (TPSA) is 80.1 Å². The first-order valence-electron chi connectivity index (χ1n) is 11.0. The smallest absolute Gasteiger partial charge is 0.244 e. The van der Waals surface area contributed by atoms with E-state index in [1.807, 2.05) is 26.0 Å². The van der Waals surface area contributed by atoms with Gasteiger partial charge in [0.1, 0.15) is 18.2 Å². The molecule has 0 bridgehead atoms. The molecule has 0 spiro atoms. The fraction of sp³-hybridized carbons (Fsp3) is 0.360. The molecule has 3 aromatic rings. The fourth-order valence-electron chi connectivity index (χ4n) is 4.20. The lowest BCUT2D eigenvalue weighted by Gasteiger charge is -2.24. The van der Waals surface area contributed by atoms with Crippen molar-refractivity contribution in [2.75, 3.05) is 19.6 Å². The lowest BCUT2D eigenvalue weighted by molar-refractivity contribution is -0.132. The summed E-state index contributed by atoms with van der Waals surface area (Å²) in [6.45, 7) is 7.19. The van der Waals surface area contributed by atoms with E-state index >= 15 is 0 Å². The van der Waals surface area contributed by atoms with Crippen molar-refractivity contribution in [1.29, 1.82) is 0 Å². The zero-order valence-corrected chi connectivity index (χ0v) is 18.8. The summed E-state index contributed by atoms with van der Waals surface area (Å²) in [4.78, 5) is 31.9. The van der Waals surface area contributed by atoms with E-state index in [-0.39, 0.29) is 24.3 Å². The van der Waals surface area contributed by atoms with Gasteiger partial charge in [-0.15, -0.1) is 0 Å². The quantitative estimate of drug-likeness (QED) is 0.674. The molecule has 2 aromatic carbocycles. The van der Waals surface area contributed by atoms with Crippen LogP contribution in [-0.4, -0.2) is 51.1 Å². The Morgan fingerprint density at radius 3 is 2.56 bits per heavy atom. The minimum absolute atomic E-state index is 0.00760. The van der Waals surface area contributed by atoms with E-state index in [1.54, 1.807) is 9.58 Å². The lowest BCUT2D eigenvalue weighted by atomic mass is 9.91. The third kappa shape index (κ3) is 4.88. The van der Waals surface area contributed by atoms with Gasteiger partial charge in [-0.3, -0.25) is 9.59 Å². The van der Waals surface area contributed by atoms with Crippen LogP contribution in [-0.2, 0) is 22.6 Å². The average molecular weight is 432 g/mol. The van der Waals surface area contributed by atoms with Crippen LogP contribution in [0.2, 0.25) is 0 Å². The lowest BCUT2D eigenvalue weighted by Crippen LogP contribution is -2.39. The summed E-state index contributed by atoms with van der Waals surface area (Å²) in [6.07, 6.45) is 0.571. The molecule has 1 fully saturated rings. The van der Waals surface area contributed by atoms with Crippen molar-refractivity contribution in [2.24, 2.45) is 5.92 Å². The van der Waals surface area contributed by atoms with E-state index in [9.17, 15) is 9.59 Å². The van der Waals surface area contributed by atoms with Crippen LogP contribution in [0, 0.1) is 26.7 Å². The van der Waals surface area contributed by atoms with Crippen LogP contribution in [0.15, 0.2) is 48.5 Å². The first-order valence-corrected chi connectivity index (χ1v) is 11.0. The molecule has 4 rings (SSSR count). The van der Waals surface area contributed by atoms with Crippen molar-refractivity contribution >= 4 is 11.8 Å². The normalized spacial score (nSPS) is 16.5. The Hall–Kier alpha value is -3.48. The molecule has 7 nitrogen and oxygen atoms in total. The fourth-order valence-corrected chi connectivity index (χ4v) is 4.20. The molecule has 2 amide bonds. The number of hydrogen-bond acceptors (Lipinski definition) is 4. The molecule has 1 N–H and O–H groups in total. The van der Waals surface area contributed by atoms with Crippen molar-refractivity contribution in [2.45, 2.75) is 33.7 Å². The van der Waals surface area contributed by atoms with Gasteiger partial charge in [0.2, 0.25) is 11.8 Å². The maximum Gasteiger partial charge on any atom is 0.244 e. The number of amides is 2. The first-order chi connectivity index (χ1) is 15.4. The molecule has 1 aliphatic rings. The zero-order chi connectivity index (χ0) is 22.7. The summed E-state index contributed by atoms with van der Waals surface area (Å²) < 4.78 is 1.62. The van der Waals surface area contributed by atoms with E-state index < -0.39 is 0 Å². The van der Waals surface area contributed by atoms with Gasteiger partial charge in [-0.1, -0.05) is 54.1 Å². The molecule has 1 saturated heterocycles. The number of aryl methyl sites for hydroxylation is 3. The highest BCUT2D eigenvalue weighted by atomic mass is 16.2. The Labute approximate surface area is 188 Å². The Bertz CT molecular complexity index is 1120. The SMILES string of the molecule is Cc1ccc(-c2ccccc2C[C@@H]2CN(C(=O)Cn3nc(C)nc3C)CCNC2=O)cc1. The van der Waals surface area contributed by atoms with E-state index in [0.29, 0.717) is 37.7 Å². The first kappa shape index (κ1) is 21.7. The Kier molecular flexibility index (Phi) is 6.35. The van der Waals surface area contributed by atoms with E-state index in [0.717, 1.165) is 16.7 Å². The van der Waals surface area contributed by atoms with E-state index in [4.69, 9.17) is 0 Å². The van der Waals surface area contributed by atoms with Gasteiger partial charge in [-0.05, 0) is 43.9 Å². The number of aromatic nitrogens is 3. The molecule has 0 unspecified atom stereocenters. The largest absolute Gasteiger partial charge is 0.354 e. The molecule has 7 heteroatoms. The van der Waals surface area contributed by atoms with Crippen LogP contribution in [0.25, 0.3) is 11.1 Å². The van der Waals surface area contributed by atoms with Crippen molar-refractivity contribution in [3.05, 3.63) is 71.3 Å². The van der Waals surface area contributed by atoms with Gasteiger partial charge in [0, 0.05) is 19.6 Å². The molecule has 1 atom stereocenters. The highest BCUT2D eigenvalue weighted by Crippen LogP contribution is 2.27. The van der Waals surface area contributed by atoms with Gasteiger partial charge in [0.15, 0.2) is 0 Å². The van der Waals surface area contributed by atoms with Crippen LogP contribution >= 0.6 is 0 Å². The summed E-state index contributed by atoms with van der Waals surface area (Å²) in [7, 11) is 0. The Morgan fingerprint density at radius 2 is 1.84 bits per heavy atom. The zero-order valence-electron chi connectivity index (χ0n) is 18.8. The summed E-state index contributed by atoms with van der Waals surface area (Å²) >= 11 is 0. The number of nitrogens with zero attached hydrogens (tertiary/aromatic N) is 4. The minimum Gasteiger partial charge on any atom is -0.354 e. The van der Waals surface area contributed by atoms with Gasteiger partial charge >= 0.3 is 0 Å². The number of benzene rings is 2.